The van der Waals surface area contributed by atoms with Gasteiger partial charge in [0.2, 0.25) is 0 Å². The van der Waals surface area contributed by atoms with Crippen molar-refractivity contribution in [3.05, 3.63) is 83.8 Å². The number of nitrogens with one attached hydrogen (secondary N) is 2. The summed E-state index contributed by atoms with van der Waals surface area (Å²) in [5, 5.41) is 5.65. The zero-order valence-electron chi connectivity index (χ0n) is 14.2. The minimum absolute atomic E-state index is 0.0752. The topological polar surface area (TPSA) is 66.9 Å². The van der Waals surface area contributed by atoms with Gasteiger partial charge >= 0.3 is 0 Å². The van der Waals surface area contributed by atoms with Crippen LogP contribution in [0.1, 0.15) is 10.5 Å². The molecular formula is C20H16ClFN4O. The van der Waals surface area contributed by atoms with E-state index in [4.69, 9.17) is 11.6 Å². The summed E-state index contributed by atoms with van der Waals surface area (Å²) in [6, 6.07) is 14.8. The average molecular weight is 383 g/mol. The van der Waals surface area contributed by atoms with E-state index in [2.05, 4.69) is 27.2 Å². The van der Waals surface area contributed by atoms with Gasteiger partial charge in [0.1, 0.15) is 17.3 Å². The summed E-state index contributed by atoms with van der Waals surface area (Å²) in [6.07, 6.45) is 1.69. The molecule has 5 nitrogen and oxygen atoms in total. The van der Waals surface area contributed by atoms with Gasteiger partial charge in [-0.2, -0.15) is 0 Å². The van der Waals surface area contributed by atoms with Gasteiger partial charge in [0.05, 0.1) is 5.02 Å². The summed E-state index contributed by atoms with van der Waals surface area (Å²) in [6.45, 7) is 4.14. The Morgan fingerprint density at radius 3 is 2.63 bits per heavy atom. The van der Waals surface area contributed by atoms with Crippen LogP contribution in [0.3, 0.4) is 0 Å². The van der Waals surface area contributed by atoms with Crippen LogP contribution in [0.5, 0.6) is 0 Å². The second-order valence-corrected chi connectivity index (χ2v) is 5.99. The molecule has 0 saturated carbocycles. The first kappa shape index (κ1) is 18.5. The Kier molecular flexibility index (Phi) is 5.78. The van der Waals surface area contributed by atoms with Crippen LogP contribution >= 0.6 is 11.6 Å². The van der Waals surface area contributed by atoms with Crippen molar-refractivity contribution in [2.45, 2.75) is 0 Å². The summed E-state index contributed by atoms with van der Waals surface area (Å²) in [4.78, 5) is 21.4. The zero-order chi connectivity index (χ0) is 19.2. The highest BCUT2D eigenvalue weighted by molar-refractivity contribution is 6.31. The molecule has 1 amide bonds. The maximum Gasteiger partial charge on any atom is 0.274 e. The molecule has 0 aliphatic carbocycles. The Hall–Kier alpha value is -3.25. The first-order valence-electron chi connectivity index (χ1n) is 8.12. The lowest BCUT2D eigenvalue weighted by Gasteiger charge is -2.10. The van der Waals surface area contributed by atoms with Gasteiger partial charge < -0.3 is 10.6 Å². The summed E-state index contributed by atoms with van der Waals surface area (Å²) >= 11 is 5.76. The van der Waals surface area contributed by atoms with E-state index in [1.807, 2.05) is 30.3 Å². The van der Waals surface area contributed by atoms with Crippen molar-refractivity contribution < 1.29 is 9.18 Å². The van der Waals surface area contributed by atoms with Gasteiger partial charge in [-0.15, -0.1) is 6.58 Å². The van der Waals surface area contributed by atoms with E-state index >= 15 is 0 Å². The highest BCUT2D eigenvalue weighted by Gasteiger charge is 2.14. The van der Waals surface area contributed by atoms with Gasteiger partial charge in [-0.3, -0.25) is 4.79 Å². The average Bonchev–Trinajstić information content (AvgIpc) is 2.69. The molecule has 7 heteroatoms. The van der Waals surface area contributed by atoms with Crippen LogP contribution in [-0.2, 0) is 0 Å². The molecule has 0 aliphatic rings. The lowest BCUT2D eigenvalue weighted by Crippen LogP contribution is -2.16. The van der Waals surface area contributed by atoms with E-state index in [-0.39, 0.29) is 10.7 Å². The minimum atomic E-state index is -0.557. The number of rotatable bonds is 6. The van der Waals surface area contributed by atoms with Crippen LogP contribution in [-0.4, -0.2) is 22.4 Å². The molecule has 2 N–H and O–H groups in total. The van der Waals surface area contributed by atoms with Crippen molar-refractivity contribution in [1.29, 1.82) is 0 Å². The normalized spacial score (nSPS) is 10.3. The first-order chi connectivity index (χ1) is 13.1. The van der Waals surface area contributed by atoms with E-state index < -0.39 is 11.7 Å². The Morgan fingerprint density at radius 2 is 1.93 bits per heavy atom. The van der Waals surface area contributed by atoms with Crippen LogP contribution in [0.15, 0.2) is 67.3 Å². The third kappa shape index (κ3) is 4.68. The molecule has 1 aromatic heterocycles. The van der Waals surface area contributed by atoms with Gasteiger partial charge in [0, 0.05) is 23.9 Å². The maximum absolute atomic E-state index is 13.3. The fourth-order valence-corrected chi connectivity index (χ4v) is 2.50. The second kappa shape index (κ2) is 8.42. The SMILES string of the molecule is C=CCNc1cc(C(=O)Nc2ccc(F)c(Cl)c2)nc(-c2ccccc2)n1. The van der Waals surface area contributed by atoms with Crippen LogP contribution < -0.4 is 10.6 Å². The van der Waals surface area contributed by atoms with Gasteiger partial charge in [-0.1, -0.05) is 48.0 Å². The summed E-state index contributed by atoms with van der Waals surface area (Å²) < 4.78 is 13.3. The Morgan fingerprint density at radius 1 is 1.15 bits per heavy atom. The standard InChI is InChI=1S/C20H16ClFN4O/c1-2-10-23-18-12-17(25-19(26-18)13-6-4-3-5-7-13)20(27)24-14-8-9-16(22)15(21)11-14/h2-9,11-12H,1,10H2,(H,24,27)(H,23,25,26). The number of benzene rings is 2. The summed E-state index contributed by atoms with van der Waals surface area (Å²) in [5.74, 6) is -0.115. The second-order valence-electron chi connectivity index (χ2n) is 5.58. The number of amides is 1. The molecule has 27 heavy (non-hydrogen) atoms. The van der Waals surface area contributed by atoms with Crippen LogP contribution in [0, 0.1) is 5.82 Å². The third-order valence-electron chi connectivity index (χ3n) is 3.60. The number of anilines is 2. The van der Waals surface area contributed by atoms with Crippen LogP contribution in [0.4, 0.5) is 15.9 Å². The molecule has 0 fully saturated rings. The van der Waals surface area contributed by atoms with Crippen molar-refractivity contribution in [1.82, 2.24) is 9.97 Å². The van der Waals surface area contributed by atoms with Gasteiger partial charge in [0.25, 0.3) is 5.91 Å². The predicted octanol–water partition coefficient (Wildman–Crippen LogP) is 4.79. The number of carbonyl (C=O) groups is 1. The minimum Gasteiger partial charge on any atom is -0.366 e. The zero-order valence-corrected chi connectivity index (χ0v) is 15.0. The molecule has 0 saturated heterocycles. The van der Waals surface area contributed by atoms with Gasteiger partial charge in [-0.05, 0) is 18.2 Å². The molecule has 0 aliphatic heterocycles. The largest absolute Gasteiger partial charge is 0.366 e. The van der Waals surface area contributed by atoms with Crippen LogP contribution in [0.25, 0.3) is 11.4 Å². The van der Waals surface area contributed by atoms with E-state index in [1.54, 1.807) is 6.08 Å². The molecule has 0 bridgehead atoms. The molecule has 0 atom stereocenters. The van der Waals surface area contributed by atoms with Crippen molar-refractivity contribution in [2.75, 3.05) is 17.2 Å². The quantitative estimate of drug-likeness (QED) is 0.602. The fourth-order valence-electron chi connectivity index (χ4n) is 2.32. The number of nitrogens with zero attached hydrogens (tertiary/aromatic N) is 2. The number of halogens is 2. The molecule has 2 aromatic carbocycles. The Bertz CT molecular complexity index is 979. The number of aromatic nitrogens is 2. The molecule has 0 unspecified atom stereocenters. The predicted molar refractivity (Wildman–Crippen MR) is 106 cm³/mol. The molecule has 3 aromatic rings. The van der Waals surface area contributed by atoms with E-state index in [0.717, 1.165) is 5.56 Å². The fraction of sp³-hybridized carbons (Fsp3) is 0.0500. The van der Waals surface area contributed by atoms with E-state index in [1.165, 1.54) is 24.3 Å². The lowest BCUT2D eigenvalue weighted by atomic mass is 10.2. The maximum atomic E-state index is 13.3. The van der Waals surface area contributed by atoms with Crippen molar-refractivity contribution in [2.24, 2.45) is 0 Å². The molecule has 1 heterocycles. The lowest BCUT2D eigenvalue weighted by molar-refractivity contribution is 0.102. The highest BCUT2D eigenvalue weighted by Crippen LogP contribution is 2.21. The van der Waals surface area contributed by atoms with Gasteiger partial charge in [0.15, 0.2) is 5.82 Å². The summed E-state index contributed by atoms with van der Waals surface area (Å²) in [7, 11) is 0. The first-order valence-corrected chi connectivity index (χ1v) is 8.50. The van der Waals surface area contributed by atoms with E-state index in [0.29, 0.717) is 23.9 Å². The molecule has 0 radical (unpaired) electrons. The smallest absolute Gasteiger partial charge is 0.274 e. The van der Waals surface area contributed by atoms with Gasteiger partial charge in [-0.25, -0.2) is 14.4 Å². The Labute approximate surface area is 160 Å². The monoisotopic (exact) mass is 382 g/mol. The molecule has 0 spiro atoms. The number of hydrogen-bond donors (Lipinski definition) is 2. The summed E-state index contributed by atoms with van der Waals surface area (Å²) in [5.41, 5.74) is 1.31. The third-order valence-corrected chi connectivity index (χ3v) is 3.89. The van der Waals surface area contributed by atoms with Crippen molar-refractivity contribution in [3.63, 3.8) is 0 Å². The van der Waals surface area contributed by atoms with E-state index in [9.17, 15) is 9.18 Å². The Balaban J connectivity index is 1.93. The number of hydrogen-bond acceptors (Lipinski definition) is 4. The molecule has 3 rings (SSSR count). The van der Waals surface area contributed by atoms with Crippen molar-refractivity contribution >= 4 is 29.0 Å². The molecular weight excluding hydrogens is 367 g/mol. The van der Waals surface area contributed by atoms with Crippen molar-refractivity contribution in [3.8, 4) is 11.4 Å². The van der Waals surface area contributed by atoms with Crippen LogP contribution in [0.2, 0.25) is 5.02 Å². The number of carbonyl (C=O) groups excluding carboxylic acids is 1. The molecule has 136 valence electrons. The highest BCUT2D eigenvalue weighted by atomic mass is 35.5.